The fourth-order valence-electron chi connectivity index (χ4n) is 4.56. The van der Waals surface area contributed by atoms with Crippen molar-refractivity contribution in [3.05, 3.63) is 126 Å². The van der Waals surface area contributed by atoms with Crippen LogP contribution >= 0.6 is 0 Å². The van der Waals surface area contributed by atoms with E-state index in [9.17, 15) is 26.8 Å². The summed E-state index contributed by atoms with van der Waals surface area (Å²) in [6, 6.07) is 24.3. The Morgan fingerprint density at radius 1 is 0.826 bits per heavy atom. The first kappa shape index (κ1) is 34.1. The zero-order valence-corrected chi connectivity index (χ0v) is 26.0. The highest BCUT2D eigenvalue weighted by Crippen LogP contribution is 2.21. The third-order valence-electron chi connectivity index (χ3n) is 6.95. The first-order valence-electron chi connectivity index (χ1n) is 14.5. The number of hydrogen-bond donors (Lipinski definition) is 2. The van der Waals surface area contributed by atoms with Crippen molar-refractivity contribution in [3.63, 3.8) is 0 Å². The lowest BCUT2D eigenvalue weighted by molar-refractivity contribution is -0.142. The maximum Gasteiger partial charge on any atom is 0.261 e. The first-order chi connectivity index (χ1) is 22.1. The molecule has 0 radical (unpaired) electrons. The minimum Gasteiger partial charge on any atom is -0.484 e. The van der Waals surface area contributed by atoms with E-state index >= 15 is 0 Å². The summed E-state index contributed by atoms with van der Waals surface area (Å²) in [7, 11) is -2.40. The van der Waals surface area contributed by atoms with Crippen LogP contribution in [0.1, 0.15) is 17.5 Å². The number of nitrogens with one attached hydrogen (secondary N) is 2. The smallest absolute Gasteiger partial charge is 0.261 e. The summed E-state index contributed by atoms with van der Waals surface area (Å²) in [4.78, 5) is 28.6. The summed E-state index contributed by atoms with van der Waals surface area (Å²) in [6.45, 7) is 0.359. The molecule has 0 aliphatic rings. The molecule has 0 aliphatic carbocycles. The van der Waals surface area contributed by atoms with E-state index in [0.29, 0.717) is 25.1 Å². The minimum atomic E-state index is -3.97. The van der Waals surface area contributed by atoms with Crippen LogP contribution in [-0.2, 0) is 37.3 Å². The molecule has 12 heteroatoms. The predicted molar refractivity (Wildman–Crippen MR) is 170 cm³/mol. The highest BCUT2D eigenvalue weighted by Gasteiger charge is 2.30. The number of ether oxygens (including phenoxy) is 2. The molecule has 0 saturated carbocycles. The van der Waals surface area contributed by atoms with Crippen LogP contribution in [0.15, 0.2) is 108 Å². The lowest BCUT2D eigenvalue weighted by Gasteiger charge is -2.31. The summed E-state index contributed by atoms with van der Waals surface area (Å²) in [5.41, 5.74) is 1.65. The van der Waals surface area contributed by atoms with Crippen molar-refractivity contribution in [1.82, 2.24) is 10.2 Å². The van der Waals surface area contributed by atoms with Crippen LogP contribution < -0.4 is 14.8 Å². The second-order valence-electron chi connectivity index (χ2n) is 10.4. The van der Waals surface area contributed by atoms with Gasteiger partial charge in [0.1, 0.15) is 23.4 Å². The number of rotatable bonds is 16. The number of benzene rings is 4. The van der Waals surface area contributed by atoms with Crippen LogP contribution in [0.5, 0.6) is 5.75 Å². The minimum absolute atomic E-state index is 0.0116. The van der Waals surface area contributed by atoms with Gasteiger partial charge in [0.2, 0.25) is 5.91 Å². The van der Waals surface area contributed by atoms with Crippen LogP contribution in [-0.4, -0.2) is 58.0 Å². The molecule has 0 saturated heterocycles. The molecule has 4 aromatic carbocycles. The van der Waals surface area contributed by atoms with E-state index in [1.54, 1.807) is 19.2 Å². The van der Waals surface area contributed by atoms with Gasteiger partial charge in [-0.2, -0.15) is 0 Å². The van der Waals surface area contributed by atoms with Crippen LogP contribution in [0.25, 0.3) is 0 Å². The molecule has 242 valence electrons. The summed E-state index contributed by atoms with van der Waals surface area (Å²) in [6.07, 6.45) is 0.804. The van der Waals surface area contributed by atoms with Gasteiger partial charge >= 0.3 is 0 Å². The number of nitrogens with zero attached hydrogens (tertiary/aromatic N) is 1. The molecule has 0 heterocycles. The average Bonchev–Trinajstić information content (AvgIpc) is 3.06. The Kier molecular flexibility index (Phi) is 12.2. The number of amides is 2. The fourth-order valence-corrected chi connectivity index (χ4v) is 5.62. The highest BCUT2D eigenvalue weighted by molar-refractivity contribution is 7.92. The van der Waals surface area contributed by atoms with E-state index in [2.05, 4.69) is 10.0 Å². The number of anilines is 1. The van der Waals surface area contributed by atoms with Gasteiger partial charge in [-0.15, -0.1) is 0 Å². The van der Waals surface area contributed by atoms with Gasteiger partial charge in [0.05, 0.1) is 4.90 Å². The van der Waals surface area contributed by atoms with Gasteiger partial charge in [0, 0.05) is 38.9 Å². The molecule has 0 bridgehead atoms. The lowest BCUT2D eigenvalue weighted by Crippen LogP contribution is -2.51. The maximum atomic E-state index is 13.7. The molecule has 0 spiro atoms. The standard InChI is InChI=1S/C34H35F2N3O6S/c1-44-21-5-20-37-34(41)32(22-25-6-3-2-4-7-25)39(23-26-8-10-27(35)11-9-26)33(40)24-45-30-16-18-31(19-17-30)46(42,43)38-29-14-12-28(36)13-15-29/h2-4,6-19,32,38H,5,20-24H2,1H3,(H,37,41)/t32-/m0/s1. The quantitative estimate of drug-likeness (QED) is 0.166. The van der Waals surface area contributed by atoms with Crippen molar-refractivity contribution in [2.75, 3.05) is 31.6 Å². The first-order valence-corrected chi connectivity index (χ1v) is 16.0. The van der Waals surface area contributed by atoms with Gasteiger partial charge in [-0.3, -0.25) is 14.3 Å². The van der Waals surface area contributed by atoms with Gasteiger partial charge in [-0.1, -0.05) is 42.5 Å². The van der Waals surface area contributed by atoms with E-state index in [1.165, 1.54) is 53.4 Å². The van der Waals surface area contributed by atoms with Crippen molar-refractivity contribution in [2.24, 2.45) is 0 Å². The Hall–Kier alpha value is -4.81. The second kappa shape index (κ2) is 16.5. The largest absolute Gasteiger partial charge is 0.484 e. The van der Waals surface area contributed by atoms with Crippen LogP contribution in [0.3, 0.4) is 0 Å². The van der Waals surface area contributed by atoms with Crippen molar-refractivity contribution in [1.29, 1.82) is 0 Å². The molecule has 0 aliphatic heterocycles. The Morgan fingerprint density at radius 3 is 2.09 bits per heavy atom. The Labute approximate surface area is 267 Å². The van der Waals surface area contributed by atoms with Gasteiger partial charge in [0.15, 0.2) is 6.61 Å². The average molecular weight is 652 g/mol. The lowest BCUT2D eigenvalue weighted by atomic mass is 10.0. The number of hydrogen-bond acceptors (Lipinski definition) is 6. The van der Waals surface area contributed by atoms with Crippen molar-refractivity contribution < 1.29 is 36.3 Å². The molecule has 0 aromatic heterocycles. The topological polar surface area (TPSA) is 114 Å². The third kappa shape index (κ3) is 10.1. The normalized spacial score (nSPS) is 11.8. The zero-order valence-electron chi connectivity index (χ0n) is 25.2. The predicted octanol–water partition coefficient (Wildman–Crippen LogP) is 4.94. The summed E-state index contributed by atoms with van der Waals surface area (Å²) < 4.78 is 65.6. The highest BCUT2D eigenvalue weighted by atomic mass is 32.2. The van der Waals surface area contributed by atoms with E-state index in [4.69, 9.17) is 9.47 Å². The number of carbonyl (C=O) groups is 2. The Morgan fingerprint density at radius 2 is 1.46 bits per heavy atom. The molecule has 9 nitrogen and oxygen atoms in total. The molecular weight excluding hydrogens is 616 g/mol. The number of methoxy groups -OCH3 is 1. The van der Waals surface area contributed by atoms with E-state index < -0.39 is 40.2 Å². The zero-order chi connectivity index (χ0) is 32.9. The molecule has 0 fully saturated rings. The van der Waals surface area contributed by atoms with Gasteiger partial charge in [-0.05, 0) is 78.2 Å². The van der Waals surface area contributed by atoms with Gasteiger partial charge in [-0.25, -0.2) is 17.2 Å². The van der Waals surface area contributed by atoms with Crippen molar-refractivity contribution in [2.45, 2.75) is 30.3 Å². The molecule has 4 aromatic rings. The van der Waals surface area contributed by atoms with Crippen molar-refractivity contribution in [3.8, 4) is 5.75 Å². The number of sulfonamides is 1. The Bertz CT molecular complexity index is 1670. The summed E-state index contributed by atoms with van der Waals surface area (Å²) in [5, 5.41) is 2.89. The monoisotopic (exact) mass is 651 g/mol. The van der Waals surface area contributed by atoms with Crippen LogP contribution in [0.4, 0.5) is 14.5 Å². The number of halogens is 2. The van der Waals surface area contributed by atoms with Crippen molar-refractivity contribution >= 4 is 27.5 Å². The van der Waals surface area contributed by atoms with E-state index in [-0.39, 0.29) is 35.2 Å². The fraction of sp³-hybridized carbons (Fsp3) is 0.235. The molecule has 0 unspecified atom stereocenters. The second-order valence-corrected chi connectivity index (χ2v) is 12.0. The van der Waals surface area contributed by atoms with E-state index in [1.807, 2.05) is 30.3 Å². The SMILES string of the molecule is COCCCNC(=O)[C@H](Cc1ccccc1)N(Cc1ccc(F)cc1)C(=O)COc1ccc(S(=O)(=O)Nc2ccc(F)cc2)cc1. The molecule has 4 rings (SSSR count). The van der Waals surface area contributed by atoms with Crippen LogP contribution in [0.2, 0.25) is 0 Å². The molecule has 2 N–H and O–H groups in total. The molecule has 46 heavy (non-hydrogen) atoms. The van der Waals surface area contributed by atoms with E-state index in [0.717, 1.165) is 17.7 Å². The van der Waals surface area contributed by atoms with Crippen LogP contribution in [0, 0.1) is 11.6 Å². The van der Waals surface area contributed by atoms with Gasteiger partial charge in [0.25, 0.3) is 15.9 Å². The Balaban J connectivity index is 1.52. The molecule has 2 amide bonds. The summed E-state index contributed by atoms with van der Waals surface area (Å²) >= 11 is 0. The maximum absolute atomic E-state index is 13.7. The molecular formula is C34H35F2N3O6S. The third-order valence-corrected chi connectivity index (χ3v) is 8.35. The number of carbonyl (C=O) groups excluding carboxylic acids is 2. The molecule has 1 atom stereocenters. The van der Waals surface area contributed by atoms with Gasteiger partial charge < -0.3 is 19.7 Å². The summed E-state index contributed by atoms with van der Waals surface area (Å²) in [5.74, 6) is -1.57.